The predicted molar refractivity (Wildman–Crippen MR) is 105 cm³/mol. The lowest BCUT2D eigenvalue weighted by Crippen LogP contribution is -2.58. The van der Waals surface area contributed by atoms with Crippen molar-refractivity contribution in [2.75, 3.05) is 26.4 Å². The number of hydrogen-bond donors (Lipinski definition) is 0. The van der Waals surface area contributed by atoms with Crippen LogP contribution in [0.4, 0.5) is 0 Å². The van der Waals surface area contributed by atoms with Crippen molar-refractivity contribution in [3.63, 3.8) is 0 Å². The number of hydrogen-bond acceptors (Lipinski definition) is 3. The molecule has 1 aliphatic carbocycles. The summed E-state index contributed by atoms with van der Waals surface area (Å²) in [5.41, 5.74) is 1.46. The molecule has 3 fully saturated rings. The molecule has 1 saturated carbocycles. The Kier molecular flexibility index (Phi) is 5.68. The molecule has 0 unspecified atom stereocenters. The molecule has 26 heavy (non-hydrogen) atoms. The number of piperidine rings is 1. The van der Waals surface area contributed by atoms with Gasteiger partial charge in [0.2, 0.25) is 0 Å². The molecule has 0 aromatic heterocycles. The normalized spacial score (nSPS) is 36.6. The summed E-state index contributed by atoms with van der Waals surface area (Å²) >= 11 is 0. The van der Waals surface area contributed by atoms with Gasteiger partial charge >= 0.3 is 0 Å². The molecule has 2 saturated heterocycles. The van der Waals surface area contributed by atoms with E-state index in [1.807, 2.05) is 0 Å². The van der Waals surface area contributed by atoms with Gasteiger partial charge in [0, 0.05) is 12.5 Å². The monoisotopic (exact) mass is 357 g/mol. The van der Waals surface area contributed by atoms with Gasteiger partial charge in [0.1, 0.15) is 6.79 Å². The highest BCUT2D eigenvalue weighted by molar-refractivity contribution is 5.15. The lowest BCUT2D eigenvalue weighted by Gasteiger charge is -2.51. The van der Waals surface area contributed by atoms with Crippen molar-refractivity contribution in [3.8, 4) is 0 Å². The van der Waals surface area contributed by atoms with Crippen LogP contribution in [-0.2, 0) is 15.9 Å². The first kappa shape index (κ1) is 18.5. The summed E-state index contributed by atoms with van der Waals surface area (Å²) in [6.45, 7) is 8.69. The van der Waals surface area contributed by atoms with E-state index >= 15 is 0 Å². The van der Waals surface area contributed by atoms with Crippen molar-refractivity contribution >= 4 is 0 Å². The molecule has 144 valence electrons. The number of likely N-dealkylation sites (tertiary alicyclic amines) is 1. The number of fused-ring (bicyclic) bond motifs is 1. The van der Waals surface area contributed by atoms with Crippen LogP contribution in [0.5, 0.6) is 0 Å². The van der Waals surface area contributed by atoms with Crippen LogP contribution < -0.4 is 0 Å². The minimum atomic E-state index is -0.0324. The SMILES string of the molecule is C[C@@H]1CC[C@@H]2[C@H](C1)OCO[C@@]2(C)CN1CCC(Cc2ccccc2)CC1. The van der Waals surface area contributed by atoms with Gasteiger partial charge in [-0.05, 0) is 69.5 Å². The smallest absolute Gasteiger partial charge is 0.147 e. The Hall–Kier alpha value is -0.900. The molecule has 4 atom stereocenters. The second kappa shape index (κ2) is 8.00. The maximum atomic E-state index is 6.23. The summed E-state index contributed by atoms with van der Waals surface area (Å²) < 4.78 is 12.2. The van der Waals surface area contributed by atoms with E-state index in [1.54, 1.807) is 0 Å². The summed E-state index contributed by atoms with van der Waals surface area (Å²) in [7, 11) is 0. The van der Waals surface area contributed by atoms with Crippen LogP contribution in [0.1, 0.15) is 51.5 Å². The Bertz CT molecular complexity index is 569. The Balaban J connectivity index is 1.30. The fraction of sp³-hybridized carbons (Fsp3) is 0.739. The van der Waals surface area contributed by atoms with Crippen molar-refractivity contribution in [2.45, 2.75) is 64.1 Å². The quantitative estimate of drug-likeness (QED) is 0.791. The fourth-order valence-corrected chi connectivity index (χ4v) is 5.48. The van der Waals surface area contributed by atoms with Crippen molar-refractivity contribution < 1.29 is 9.47 Å². The third kappa shape index (κ3) is 4.16. The summed E-state index contributed by atoms with van der Waals surface area (Å²) in [6, 6.07) is 11.0. The van der Waals surface area contributed by atoms with Gasteiger partial charge in [0.15, 0.2) is 0 Å². The standard InChI is InChI=1S/C23H35NO2/c1-18-8-9-21-22(14-18)25-17-26-23(21,2)16-24-12-10-20(11-13-24)15-19-6-4-3-5-7-19/h3-7,18,20-22H,8-17H2,1-2H3/t18-,21-,22+,23+/m1/s1. The van der Waals surface area contributed by atoms with Crippen LogP contribution in [0.25, 0.3) is 0 Å². The van der Waals surface area contributed by atoms with Crippen molar-refractivity contribution in [2.24, 2.45) is 17.8 Å². The molecule has 0 radical (unpaired) electrons. The van der Waals surface area contributed by atoms with E-state index in [-0.39, 0.29) is 5.60 Å². The molecule has 1 aromatic carbocycles. The molecular formula is C23H35NO2. The molecule has 0 bridgehead atoms. The Labute approximate surface area is 159 Å². The first-order chi connectivity index (χ1) is 12.6. The summed E-state index contributed by atoms with van der Waals surface area (Å²) in [4.78, 5) is 2.65. The predicted octanol–water partition coefficient (Wildman–Crippen LogP) is 4.51. The molecule has 2 aliphatic heterocycles. The molecule has 0 N–H and O–H groups in total. The summed E-state index contributed by atoms with van der Waals surface area (Å²) in [5, 5.41) is 0. The number of benzene rings is 1. The van der Waals surface area contributed by atoms with E-state index in [0.29, 0.717) is 18.8 Å². The van der Waals surface area contributed by atoms with Gasteiger partial charge in [-0.3, -0.25) is 0 Å². The van der Waals surface area contributed by atoms with E-state index in [4.69, 9.17) is 9.47 Å². The maximum Gasteiger partial charge on any atom is 0.147 e. The number of nitrogens with zero attached hydrogens (tertiary/aromatic N) is 1. The van der Waals surface area contributed by atoms with Crippen molar-refractivity contribution in [1.82, 2.24) is 4.90 Å². The van der Waals surface area contributed by atoms with Crippen molar-refractivity contribution in [3.05, 3.63) is 35.9 Å². The van der Waals surface area contributed by atoms with Crippen molar-refractivity contribution in [1.29, 1.82) is 0 Å². The van der Waals surface area contributed by atoms with Gasteiger partial charge in [-0.1, -0.05) is 43.7 Å². The lowest BCUT2D eigenvalue weighted by atomic mass is 9.71. The molecule has 0 amide bonds. The maximum absolute atomic E-state index is 6.23. The zero-order valence-electron chi connectivity index (χ0n) is 16.5. The molecule has 0 spiro atoms. The minimum Gasteiger partial charge on any atom is -0.352 e. The Morgan fingerprint density at radius 1 is 1.08 bits per heavy atom. The molecule has 4 rings (SSSR count). The number of rotatable bonds is 4. The average molecular weight is 358 g/mol. The molecule has 3 aliphatic rings. The lowest BCUT2D eigenvalue weighted by molar-refractivity contribution is -0.267. The fourth-order valence-electron chi connectivity index (χ4n) is 5.48. The highest BCUT2D eigenvalue weighted by Crippen LogP contribution is 2.42. The first-order valence-electron chi connectivity index (χ1n) is 10.6. The van der Waals surface area contributed by atoms with Crippen LogP contribution >= 0.6 is 0 Å². The zero-order chi connectivity index (χ0) is 18.0. The van der Waals surface area contributed by atoms with Crippen LogP contribution in [0.15, 0.2) is 30.3 Å². The first-order valence-corrected chi connectivity index (χ1v) is 10.6. The average Bonchev–Trinajstić information content (AvgIpc) is 2.64. The third-order valence-electron chi connectivity index (χ3n) is 7.12. The molecule has 3 heteroatoms. The molecule has 2 heterocycles. The Morgan fingerprint density at radius 3 is 2.62 bits per heavy atom. The molecule has 3 nitrogen and oxygen atoms in total. The number of ether oxygens (including phenoxy) is 2. The van der Waals surface area contributed by atoms with Crippen LogP contribution in [0, 0.1) is 17.8 Å². The van der Waals surface area contributed by atoms with E-state index in [2.05, 4.69) is 49.1 Å². The third-order valence-corrected chi connectivity index (χ3v) is 7.12. The topological polar surface area (TPSA) is 21.7 Å². The Morgan fingerprint density at radius 2 is 1.85 bits per heavy atom. The zero-order valence-corrected chi connectivity index (χ0v) is 16.5. The van der Waals surface area contributed by atoms with Crippen LogP contribution in [0.2, 0.25) is 0 Å². The second-order valence-corrected chi connectivity index (χ2v) is 9.21. The molecule has 1 aromatic rings. The second-order valence-electron chi connectivity index (χ2n) is 9.21. The van der Waals surface area contributed by atoms with E-state index in [0.717, 1.165) is 18.4 Å². The molecular weight excluding hydrogens is 322 g/mol. The van der Waals surface area contributed by atoms with Gasteiger partial charge in [0.25, 0.3) is 0 Å². The van der Waals surface area contributed by atoms with Gasteiger partial charge < -0.3 is 14.4 Å². The van der Waals surface area contributed by atoms with Gasteiger partial charge in [-0.2, -0.15) is 0 Å². The minimum absolute atomic E-state index is 0.0324. The van der Waals surface area contributed by atoms with E-state index in [1.165, 1.54) is 57.2 Å². The largest absolute Gasteiger partial charge is 0.352 e. The van der Waals surface area contributed by atoms with Gasteiger partial charge in [0.05, 0.1) is 11.7 Å². The van der Waals surface area contributed by atoms with E-state index < -0.39 is 0 Å². The summed E-state index contributed by atoms with van der Waals surface area (Å²) in [5.74, 6) is 2.20. The van der Waals surface area contributed by atoms with E-state index in [9.17, 15) is 0 Å². The van der Waals surface area contributed by atoms with Crippen LogP contribution in [-0.4, -0.2) is 43.0 Å². The van der Waals surface area contributed by atoms with Gasteiger partial charge in [-0.15, -0.1) is 0 Å². The highest BCUT2D eigenvalue weighted by Gasteiger charge is 2.47. The van der Waals surface area contributed by atoms with Gasteiger partial charge in [-0.25, -0.2) is 0 Å². The summed E-state index contributed by atoms with van der Waals surface area (Å²) in [6.07, 6.45) is 8.06. The van der Waals surface area contributed by atoms with Crippen LogP contribution in [0.3, 0.4) is 0 Å². The highest BCUT2D eigenvalue weighted by atomic mass is 16.7.